The number of rotatable bonds is 5. The van der Waals surface area contributed by atoms with E-state index < -0.39 is 5.56 Å². The van der Waals surface area contributed by atoms with Gasteiger partial charge in [0.2, 0.25) is 0 Å². The number of amides is 1. The molecule has 1 aliphatic heterocycles. The van der Waals surface area contributed by atoms with Crippen LogP contribution in [0, 0.1) is 5.92 Å². The van der Waals surface area contributed by atoms with Gasteiger partial charge in [0.1, 0.15) is 11.4 Å². The molecule has 7 nitrogen and oxygen atoms in total. The number of nitrogens with zero attached hydrogens (tertiary/aromatic N) is 1. The zero-order chi connectivity index (χ0) is 17.8. The Morgan fingerprint density at radius 1 is 1.28 bits per heavy atom. The second-order valence-corrected chi connectivity index (χ2v) is 6.47. The molecule has 3 rings (SSSR count). The molecule has 0 bridgehead atoms. The van der Waals surface area contributed by atoms with E-state index in [0.29, 0.717) is 12.5 Å². The highest BCUT2D eigenvalue weighted by Gasteiger charge is 2.23. The smallest absolute Gasteiger partial charge is 0.273 e. The van der Waals surface area contributed by atoms with Crippen LogP contribution in [0.1, 0.15) is 22.5 Å². The third-order valence-electron chi connectivity index (χ3n) is 4.52. The largest absolute Gasteiger partial charge is 0.397 e. The van der Waals surface area contributed by atoms with Gasteiger partial charge >= 0.3 is 0 Å². The predicted octanol–water partition coefficient (Wildman–Crippen LogP) is 0.791. The molecule has 1 aliphatic rings. The number of nitrogens with one attached hydrogen (secondary N) is 2. The Balaban J connectivity index is 1.51. The third kappa shape index (κ3) is 4.19. The Hall–Kier alpha value is -2.80. The average Bonchev–Trinajstić information content (AvgIpc) is 3.05. The van der Waals surface area contributed by atoms with Crippen molar-refractivity contribution in [3.05, 3.63) is 58.0 Å². The first-order valence-corrected chi connectivity index (χ1v) is 8.35. The lowest BCUT2D eigenvalue weighted by Crippen LogP contribution is -2.32. The summed E-state index contributed by atoms with van der Waals surface area (Å²) in [5.74, 6) is 0.0517. The van der Waals surface area contributed by atoms with Crippen LogP contribution in [0.3, 0.4) is 0 Å². The van der Waals surface area contributed by atoms with Crippen molar-refractivity contribution in [1.82, 2.24) is 15.2 Å². The number of carbonyl (C=O) groups is 1. The van der Waals surface area contributed by atoms with E-state index >= 15 is 0 Å². The number of nitrogen functional groups attached to an aromatic ring is 2. The summed E-state index contributed by atoms with van der Waals surface area (Å²) >= 11 is 0. The lowest BCUT2D eigenvalue weighted by atomic mass is 10.1. The number of anilines is 2. The van der Waals surface area contributed by atoms with Gasteiger partial charge in [-0.2, -0.15) is 0 Å². The lowest BCUT2D eigenvalue weighted by Gasteiger charge is -2.16. The molecule has 7 heteroatoms. The third-order valence-corrected chi connectivity index (χ3v) is 4.52. The highest BCUT2D eigenvalue weighted by Crippen LogP contribution is 2.18. The Morgan fingerprint density at radius 3 is 2.76 bits per heavy atom. The minimum Gasteiger partial charge on any atom is -0.397 e. The van der Waals surface area contributed by atoms with Crippen molar-refractivity contribution >= 4 is 17.3 Å². The molecule has 2 aromatic rings. The van der Waals surface area contributed by atoms with Gasteiger partial charge in [0.15, 0.2) is 0 Å². The number of likely N-dealkylation sites (tertiary alicyclic amines) is 1. The summed E-state index contributed by atoms with van der Waals surface area (Å²) in [5.41, 5.74) is 12.1. The number of aromatic nitrogens is 1. The topological polar surface area (TPSA) is 117 Å². The molecule has 1 aromatic heterocycles. The van der Waals surface area contributed by atoms with Gasteiger partial charge in [0.25, 0.3) is 11.5 Å². The van der Waals surface area contributed by atoms with E-state index in [9.17, 15) is 9.59 Å². The fourth-order valence-electron chi connectivity index (χ4n) is 3.11. The molecule has 6 N–H and O–H groups in total. The minimum atomic E-state index is -0.542. The van der Waals surface area contributed by atoms with Gasteiger partial charge in [0, 0.05) is 19.6 Å². The van der Waals surface area contributed by atoms with Gasteiger partial charge in [-0.15, -0.1) is 0 Å². The first kappa shape index (κ1) is 17.0. The van der Waals surface area contributed by atoms with Crippen molar-refractivity contribution in [3.8, 4) is 0 Å². The molecule has 0 saturated carbocycles. The summed E-state index contributed by atoms with van der Waals surface area (Å²) in [5, 5.41) is 2.87. The summed E-state index contributed by atoms with van der Waals surface area (Å²) in [6.07, 6.45) is 1.04. The lowest BCUT2D eigenvalue weighted by molar-refractivity contribution is 0.0942. The van der Waals surface area contributed by atoms with Crippen molar-refractivity contribution in [2.45, 2.75) is 13.0 Å². The van der Waals surface area contributed by atoms with Gasteiger partial charge in [-0.05, 0) is 30.5 Å². The highest BCUT2D eigenvalue weighted by molar-refractivity contribution is 5.93. The molecule has 0 spiro atoms. The van der Waals surface area contributed by atoms with Gasteiger partial charge in [-0.3, -0.25) is 14.5 Å². The number of pyridine rings is 1. The van der Waals surface area contributed by atoms with Crippen LogP contribution in [0.5, 0.6) is 0 Å². The molecule has 25 heavy (non-hydrogen) atoms. The van der Waals surface area contributed by atoms with Crippen molar-refractivity contribution < 1.29 is 4.79 Å². The molecule has 1 amide bonds. The van der Waals surface area contributed by atoms with Gasteiger partial charge < -0.3 is 21.8 Å². The zero-order valence-electron chi connectivity index (χ0n) is 14.0. The normalized spacial score (nSPS) is 17.5. The fraction of sp³-hybridized carbons (Fsp3) is 0.333. The average molecular weight is 341 g/mol. The number of H-pyrrole nitrogens is 1. The summed E-state index contributed by atoms with van der Waals surface area (Å²) in [4.78, 5) is 28.6. The highest BCUT2D eigenvalue weighted by atomic mass is 16.2. The van der Waals surface area contributed by atoms with Crippen LogP contribution in [0.15, 0.2) is 41.2 Å². The molecule has 0 aliphatic carbocycles. The van der Waals surface area contributed by atoms with E-state index in [2.05, 4.69) is 27.3 Å². The molecule has 132 valence electrons. The monoisotopic (exact) mass is 341 g/mol. The van der Waals surface area contributed by atoms with E-state index in [0.717, 1.165) is 26.1 Å². The van der Waals surface area contributed by atoms with Crippen LogP contribution in [0.25, 0.3) is 0 Å². The van der Waals surface area contributed by atoms with E-state index in [-0.39, 0.29) is 23.0 Å². The maximum atomic E-state index is 12.2. The molecule has 1 unspecified atom stereocenters. The standard InChI is InChI=1S/C18H23N5O2/c19-14-8-15(22-18(25)16(14)20)17(24)21-9-13-6-7-23(11-13)10-12-4-2-1-3-5-12/h1-5,8,13H,6-7,9-11,20H2,(H,21,24)(H3,19,22,25). The van der Waals surface area contributed by atoms with Crippen LogP contribution in [0.4, 0.5) is 11.4 Å². The number of benzene rings is 1. The number of aromatic amines is 1. The molecule has 1 atom stereocenters. The Bertz CT molecular complexity index is 803. The Morgan fingerprint density at radius 2 is 2.04 bits per heavy atom. The Labute approximate surface area is 146 Å². The van der Waals surface area contributed by atoms with Crippen LogP contribution in [-0.4, -0.2) is 35.4 Å². The first-order chi connectivity index (χ1) is 12.0. The molecular weight excluding hydrogens is 318 g/mol. The maximum absolute atomic E-state index is 12.2. The van der Waals surface area contributed by atoms with E-state index in [1.54, 1.807) is 0 Å². The SMILES string of the molecule is Nc1cc(C(=O)NCC2CCN(Cc3ccccc3)C2)[nH]c(=O)c1N. The van der Waals surface area contributed by atoms with Crippen LogP contribution in [-0.2, 0) is 6.54 Å². The number of carbonyl (C=O) groups excluding carboxylic acids is 1. The van der Waals surface area contributed by atoms with E-state index in [1.165, 1.54) is 11.6 Å². The van der Waals surface area contributed by atoms with Crippen LogP contribution in [0.2, 0.25) is 0 Å². The molecule has 1 fully saturated rings. The summed E-state index contributed by atoms with van der Waals surface area (Å²) < 4.78 is 0. The molecule has 1 saturated heterocycles. The van der Waals surface area contributed by atoms with Crippen molar-refractivity contribution in [2.24, 2.45) is 5.92 Å². The van der Waals surface area contributed by atoms with Crippen molar-refractivity contribution in [3.63, 3.8) is 0 Å². The second-order valence-electron chi connectivity index (χ2n) is 6.47. The maximum Gasteiger partial charge on any atom is 0.273 e. The first-order valence-electron chi connectivity index (χ1n) is 8.35. The zero-order valence-corrected chi connectivity index (χ0v) is 14.0. The molecule has 2 heterocycles. The van der Waals surface area contributed by atoms with Crippen molar-refractivity contribution in [2.75, 3.05) is 31.1 Å². The molecule has 0 radical (unpaired) electrons. The second kappa shape index (κ2) is 7.40. The van der Waals surface area contributed by atoms with Gasteiger partial charge in [-0.25, -0.2) is 0 Å². The summed E-state index contributed by atoms with van der Waals surface area (Å²) in [7, 11) is 0. The minimum absolute atomic E-state index is 0.0658. The summed E-state index contributed by atoms with van der Waals surface area (Å²) in [6, 6.07) is 11.7. The molecular formula is C18H23N5O2. The van der Waals surface area contributed by atoms with E-state index in [1.807, 2.05) is 18.2 Å². The predicted molar refractivity (Wildman–Crippen MR) is 98.0 cm³/mol. The van der Waals surface area contributed by atoms with E-state index in [4.69, 9.17) is 11.5 Å². The number of hydrogen-bond donors (Lipinski definition) is 4. The fourth-order valence-corrected chi connectivity index (χ4v) is 3.11. The molecule has 1 aromatic carbocycles. The van der Waals surface area contributed by atoms with Gasteiger partial charge in [0.05, 0.1) is 5.69 Å². The summed E-state index contributed by atoms with van der Waals surface area (Å²) in [6.45, 7) is 3.44. The number of hydrogen-bond acceptors (Lipinski definition) is 5. The van der Waals surface area contributed by atoms with Gasteiger partial charge in [-0.1, -0.05) is 30.3 Å². The van der Waals surface area contributed by atoms with Crippen LogP contribution < -0.4 is 22.3 Å². The quantitative estimate of drug-likeness (QED) is 0.641. The van der Waals surface area contributed by atoms with Crippen LogP contribution >= 0.6 is 0 Å². The number of nitrogens with two attached hydrogens (primary N) is 2. The Kier molecular flexibility index (Phi) is 5.04. The van der Waals surface area contributed by atoms with Crippen molar-refractivity contribution in [1.29, 1.82) is 0 Å².